The van der Waals surface area contributed by atoms with E-state index in [-0.39, 0.29) is 0 Å². The average molecular weight is 1120 g/mol. The SMILES string of the molecule is c1ccc(-c2nc(-c3ccccc3)nc(-c3ccc(-c4nc(-c5ccc(-c6nc(-c7ccccc7)nc(-c7ccccc7)n6)cc5)nc(-c5cc(-c6cccc7cc8ccccc8cc67)cc(-c6cccc7cc8ccccc8cc67)c5)n4)cc3)n2)cc1. The highest BCUT2D eigenvalue weighted by Gasteiger charge is 2.20. The van der Waals surface area contributed by atoms with Crippen molar-refractivity contribution >= 4 is 43.1 Å². The van der Waals surface area contributed by atoms with Gasteiger partial charge in [-0.3, -0.25) is 0 Å². The Morgan fingerprint density at radius 3 is 0.636 bits per heavy atom. The van der Waals surface area contributed by atoms with E-state index in [4.69, 9.17) is 44.9 Å². The Bertz CT molecular complexity index is 4860. The summed E-state index contributed by atoms with van der Waals surface area (Å²) in [5, 5.41) is 9.37. The van der Waals surface area contributed by atoms with Crippen molar-refractivity contribution in [3.63, 3.8) is 0 Å². The van der Waals surface area contributed by atoms with Crippen LogP contribution < -0.4 is 0 Å². The van der Waals surface area contributed by atoms with E-state index in [2.05, 4.69) is 127 Å². The molecule has 0 unspecified atom stereocenters. The quantitative estimate of drug-likeness (QED) is 0.117. The number of benzene rings is 13. The number of fused-ring (bicyclic) bond motifs is 4. The molecule has 0 aliphatic rings. The largest absolute Gasteiger partial charge is 0.208 e. The first-order valence-electron chi connectivity index (χ1n) is 29.2. The van der Waals surface area contributed by atoms with Gasteiger partial charge in [-0.1, -0.05) is 255 Å². The Kier molecular flexibility index (Phi) is 13.0. The van der Waals surface area contributed by atoms with E-state index in [9.17, 15) is 0 Å². The fourth-order valence-corrected chi connectivity index (χ4v) is 11.7. The lowest BCUT2D eigenvalue weighted by Crippen LogP contribution is -2.02. The van der Waals surface area contributed by atoms with Crippen LogP contribution in [-0.4, -0.2) is 44.9 Å². The summed E-state index contributed by atoms with van der Waals surface area (Å²) in [5.74, 6) is 4.97. The van der Waals surface area contributed by atoms with E-state index in [0.717, 1.165) is 93.9 Å². The molecule has 13 aromatic carbocycles. The summed E-state index contributed by atoms with van der Waals surface area (Å²) in [6, 6.07) is 103. The fraction of sp³-hybridized carbons (Fsp3) is 0. The van der Waals surface area contributed by atoms with Crippen molar-refractivity contribution in [2.45, 2.75) is 0 Å². The van der Waals surface area contributed by atoms with Crippen LogP contribution in [0.1, 0.15) is 0 Å². The van der Waals surface area contributed by atoms with Gasteiger partial charge in [0.15, 0.2) is 52.4 Å². The minimum Gasteiger partial charge on any atom is -0.208 e. The van der Waals surface area contributed by atoms with E-state index in [1.165, 1.54) is 21.5 Å². The Morgan fingerprint density at radius 2 is 0.352 bits per heavy atom. The zero-order chi connectivity index (χ0) is 58.3. The molecule has 3 heterocycles. The summed E-state index contributed by atoms with van der Waals surface area (Å²) in [6.45, 7) is 0. The first-order chi connectivity index (χ1) is 43.5. The maximum atomic E-state index is 5.44. The van der Waals surface area contributed by atoms with Gasteiger partial charge in [0.05, 0.1) is 0 Å². The Labute approximate surface area is 507 Å². The molecule has 0 saturated carbocycles. The summed E-state index contributed by atoms with van der Waals surface area (Å²) in [6.07, 6.45) is 0. The molecule has 0 aliphatic heterocycles. The summed E-state index contributed by atoms with van der Waals surface area (Å²) < 4.78 is 0. The van der Waals surface area contributed by atoms with E-state index in [0.29, 0.717) is 52.4 Å². The fourth-order valence-electron chi connectivity index (χ4n) is 11.7. The van der Waals surface area contributed by atoms with Gasteiger partial charge in [0.2, 0.25) is 0 Å². The van der Waals surface area contributed by atoms with Crippen LogP contribution >= 0.6 is 0 Å². The molecule has 0 spiro atoms. The van der Waals surface area contributed by atoms with Crippen LogP contribution in [0.5, 0.6) is 0 Å². The lowest BCUT2D eigenvalue weighted by atomic mass is 9.90. The summed E-state index contributed by atoms with van der Waals surface area (Å²) in [5.41, 5.74) is 11.9. The second kappa shape index (κ2) is 22.2. The highest BCUT2D eigenvalue weighted by Crippen LogP contribution is 2.41. The first-order valence-corrected chi connectivity index (χ1v) is 29.2. The third-order valence-electron chi connectivity index (χ3n) is 16.1. The van der Waals surface area contributed by atoms with Gasteiger partial charge in [-0.05, 0) is 108 Å². The molecule has 0 N–H and O–H groups in total. The summed E-state index contributed by atoms with van der Waals surface area (Å²) >= 11 is 0. The smallest absolute Gasteiger partial charge is 0.164 e. The summed E-state index contributed by atoms with van der Waals surface area (Å²) in [4.78, 5) is 46.2. The molecule has 88 heavy (non-hydrogen) atoms. The van der Waals surface area contributed by atoms with Gasteiger partial charge in [-0.25, -0.2) is 44.9 Å². The molecule has 410 valence electrons. The molecule has 0 radical (unpaired) electrons. The second-order valence-corrected chi connectivity index (χ2v) is 21.8. The van der Waals surface area contributed by atoms with Gasteiger partial charge in [0.25, 0.3) is 0 Å². The van der Waals surface area contributed by atoms with E-state index in [1.54, 1.807) is 0 Å². The van der Waals surface area contributed by atoms with Gasteiger partial charge < -0.3 is 0 Å². The van der Waals surface area contributed by atoms with Crippen LogP contribution in [0.2, 0.25) is 0 Å². The van der Waals surface area contributed by atoms with Gasteiger partial charge in [-0.15, -0.1) is 0 Å². The second-order valence-electron chi connectivity index (χ2n) is 21.8. The highest BCUT2D eigenvalue weighted by molar-refractivity contribution is 6.08. The monoisotopic (exact) mass is 1120 g/mol. The molecule has 0 aliphatic carbocycles. The minimum atomic E-state index is 0.499. The molecule has 0 amide bonds. The van der Waals surface area contributed by atoms with Crippen LogP contribution in [0.25, 0.3) is 168 Å². The van der Waals surface area contributed by atoms with Crippen molar-refractivity contribution in [3.8, 4) is 125 Å². The molecule has 16 rings (SSSR count). The van der Waals surface area contributed by atoms with Crippen LogP contribution in [-0.2, 0) is 0 Å². The van der Waals surface area contributed by atoms with Gasteiger partial charge >= 0.3 is 0 Å². The van der Waals surface area contributed by atoms with Crippen LogP contribution in [0.3, 0.4) is 0 Å². The van der Waals surface area contributed by atoms with E-state index in [1.807, 2.05) is 170 Å². The van der Waals surface area contributed by atoms with E-state index < -0.39 is 0 Å². The molecule has 9 heteroatoms. The lowest BCUT2D eigenvalue weighted by Gasteiger charge is -2.15. The number of nitrogens with zero attached hydrogens (tertiary/aromatic N) is 9. The van der Waals surface area contributed by atoms with Gasteiger partial charge in [0.1, 0.15) is 0 Å². The molecular weight excluding hydrogens is 1070 g/mol. The zero-order valence-corrected chi connectivity index (χ0v) is 47.3. The average Bonchev–Trinajstić information content (AvgIpc) is 3.41. The highest BCUT2D eigenvalue weighted by atomic mass is 15.1. The van der Waals surface area contributed by atoms with Crippen LogP contribution in [0.4, 0.5) is 0 Å². The van der Waals surface area contributed by atoms with Crippen LogP contribution in [0.15, 0.2) is 297 Å². The Balaban J connectivity index is 0.875. The number of rotatable bonds is 11. The minimum absolute atomic E-state index is 0.499. The molecule has 0 bridgehead atoms. The number of hydrogen-bond acceptors (Lipinski definition) is 9. The molecule has 9 nitrogen and oxygen atoms in total. The third kappa shape index (κ3) is 10.0. The Hall–Kier alpha value is -12.1. The van der Waals surface area contributed by atoms with Gasteiger partial charge in [0, 0.05) is 50.1 Å². The topological polar surface area (TPSA) is 116 Å². The van der Waals surface area contributed by atoms with Crippen molar-refractivity contribution in [1.82, 2.24) is 44.9 Å². The maximum Gasteiger partial charge on any atom is 0.164 e. The normalized spacial score (nSPS) is 11.4. The maximum absolute atomic E-state index is 5.44. The molecule has 0 saturated heterocycles. The van der Waals surface area contributed by atoms with Crippen LogP contribution in [0, 0.1) is 0 Å². The molecule has 3 aromatic heterocycles. The zero-order valence-electron chi connectivity index (χ0n) is 47.3. The predicted octanol–water partition coefficient (Wildman–Crippen LogP) is 19.2. The predicted molar refractivity (Wildman–Crippen MR) is 356 cm³/mol. The molecule has 0 fully saturated rings. The van der Waals surface area contributed by atoms with Crippen molar-refractivity contribution in [1.29, 1.82) is 0 Å². The van der Waals surface area contributed by atoms with Crippen molar-refractivity contribution in [2.75, 3.05) is 0 Å². The molecule has 0 atom stereocenters. The number of hydrogen-bond donors (Lipinski definition) is 0. The molecular formula is C79H49N9. The summed E-state index contributed by atoms with van der Waals surface area (Å²) in [7, 11) is 0. The standard InChI is InChI=1S/C79H49N9/c1-5-19-50(20-6-1)71-80-72(51-21-7-2-8-22-51)83-75(82-71)54-35-39-56(40-36-54)77-86-78(57-41-37-55(38-42-57)76-84-73(52-23-9-3-10-24-52)81-74(85-76)53-25-11-4-12-26-53)88-79(87-77)66-46-64(67-33-17-31-62-43-58-27-13-15-29-60(58)48-69(62)67)45-65(47-66)68-34-18-32-63-44-59-28-14-16-30-61(59)49-70(63)68/h1-49H. The Morgan fingerprint density at radius 1 is 0.136 bits per heavy atom. The van der Waals surface area contributed by atoms with E-state index >= 15 is 0 Å². The first kappa shape index (κ1) is 51.6. The van der Waals surface area contributed by atoms with Crippen molar-refractivity contribution < 1.29 is 0 Å². The van der Waals surface area contributed by atoms with Crippen molar-refractivity contribution in [2.24, 2.45) is 0 Å². The molecule has 16 aromatic rings. The van der Waals surface area contributed by atoms with Gasteiger partial charge in [-0.2, -0.15) is 0 Å². The van der Waals surface area contributed by atoms with Crippen molar-refractivity contribution in [3.05, 3.63) is 297 Å². The third-order valence-corrected chi connectivity index (χ3v) is 16.1. The lowest BCUT2D eigenvalue weighted by molar-refractivity contribution is 1.07. The number of aromatic nitrogens is 9.